The van der Waals surface area contributed by atoms with Crippen molar-refractivity contribution in [2.24, 2.45) is 0 Å². The summed E-state index contributed by atoms with van der Waals surface area (Å²) in [6.07, 6.45) is 2.35. The first-order valence-corrected chi connectivity index (χ1v) is 6.19. The van der Waals surface area contributed by atoms with Gasteiger partial charge in [0.05, 0.1) is 13.2 Å². The summed E-state index contributed by atoms with van der Waals surface area (Å²) in [5.41, 5.74) is 0.490. The maximum absolute atomic E-state index is 14.3. The van der Waals surface area contributed by atoms with Crippen molar-refractivity contribution in [1.29, 1.82) is 0 Å². The number of nitrogens with one attached hydrogen (secondary N) is 2. The molecule has 0 saturated heterocycles. The summed E-state index contributed by atoms with van der Waals surface area (Å²) < 4.78 is 19.3. The molecule has 1 aromatic carbocycles. The highest BCUT2D eigenvalue weighted by Crippen LogP contribution is 2.27. The molecule has 1 unspecified atom stereocenters. The zero-order valence-corrected chi connectivity index (χ0v) is 11.0. The van der Waals surface area contributed by atoms with Crippen LogP contribution in [0, 0.1) is 5.82 Å². The number of halogens is 1. The molecular weight excluding hydrogens is 247 g/mol. The highest BCUT2D eigenvalue weighted by molar-refractivity contribution is 5.35. The Bertz CT molecular complexity index is 515. The van der Waals surface area contributed by atoms with E-state index in [1.165, 1.54) is 13.4 Å². The number of nitrogens with zero attached hydrogens (tertiary/aromatic N) is 2. The number of rotatable bonds is 6. The molecule has 2 rings (SSSR count). The average Bonchev–Trinajstić information content (AvgIpc) is 2.95. The van der Waals surface area contributed by atoms with E-state index in [1.807, 2.05) is 6.92 Å². The van der Waals surface area contributed by atoms with Crippen LogP contribution < -0.4 is 10.1 Å². The van der Waals surface area contributed by atoms with Gasteiger partial charge in [-0.2, -0.15) is 5.10 Å². The maximum Gasteiger partial charge on any atom is 0.170 e. The van der Waals surface area contributed by atoms with Crippen LogP contribution >= 0.6 is 0 Å². The Morgan fingerprint density at radius 2 is 2.32 bits per heavy atom. The van der Waals surface area contributed by atoms with E-state index in [4.69, 9.17) is 4.74 Å². The third kappa shape index (κ3) is 2.90. The monoisotopic (exact) mass is 264 g/mol. The summed E-state index contributed by atoms with van der Waals surface area (Å²) >= 11 is 0. The Balaban J connectivity index is 2.38. The second-order valence-electron chi connectivity index (χ2n) is 4.12. The van der Waals surface area contributed by atoms with Gasteiger partial charge in [0.15, 0.2) is 11.6 Å². The van der Waals surface area contributed by atoms with Gasteiger partial charge in [0, 0.05) is 5.56 Å². The van der Waals surface area contributed by atoms with Crippen LogP contribution in [0.5, 0.6) is 5.75 Å². The van der Waals surface area contributed by atoms with Crippen molar-refractivity contribution >= 4 is 0 Å². The van der Waals surface area contributed by atoms with Crippen LogP contribution in [0.2, 0.25) is 0 Å². The molecule has 0 amide bonds. The number of hydrogen-bond acceptors (Lipinski definition) is 4. The number of aromatic amines is 1. The normalized spacial score (nSPS) is 12.4. The smallest absolute Gasteiger partial charge is 0.170 e. The first-order chi connectivity index (χ1) is 9.27. The molecule has 1 aromatic heterocycles. The fourth-order valence-corrected chi connectivity index (χ4v) is 1.90. The van der Waals surface area contributed by atoms with E-state index in [1.54, 1.807) is 18.2 Å². The Hall–Kier alpha value is -1.95. The van der Waals surface area contributed by atoms with Gasteiger partial charge < -0.3 is 10.1 Å². The van der Waals surface area contributed by atoms with Gasteiger partial charge in [-0.1, -0.05) is 19.1 Å². The molecule has 1 atom stereocenters. The summed E-state index contributed by atoms with van der Waals surface area (Å²) in [6.45, 7) is 2.80. The van der Waals surface area contributed by atoms with Crippen molar-refractivity contribution in [3.63, 3.8) is 0 Å². The fraction of sp³-hybridized carbons (Fsp3) is 0.385. The van der Waals surface area contributed by atoms with Crippen LogP contribution in [0.3, 0.4) is 0 Å². The first-order valence-electron chi connectivity index (χ1n) is 6.19. The van der Waals surface area contributed by atoms with Gasteiger partial charge in [-0.05, 0) is 19.0 Å². The van der Waals surface area contributed by atoms with Crippen LogP contribution in [0.4, 0.5) is 4.39 Å². The van der Waals surface area contributed by atoms with E-state index in [0.717, 1.165) is 13.0 Å². The van der Waals surface area contributed by atoms with Crippen LogP contribution in [-0.4, -0.2) is 28.8 Å². The lowest BCUT2D eigenvalue weighted by atomic mass is 10.0. The van der Waals surface area contributed by atoms with Gasteiger partial charge in [-0.3, -0.25) is 5.10 Å². The first kappa shape index (κ1) is 13.5. The highest BCUT2D eigenvalue weighted by atomic mass is 19.1. The summed E-state index contributed by atoms with van der Waals surface area (Å²) in [7, 11) is 1.45. The van der Waals surface area contributed by atoms with E-state index in [0.29, 0.717) is 11.4 Å². The molecule has 0 aliphatic rings. The van der Waals surface area contributed by atoms with Gasteiger partial charge in [-0.25, -0.2) is 9.37 Å². The molecule has 102 valence electrons. The Labute approximate surface area is 111 Å². The average molecular weight is 264 g/mol. The molecule has 0 spiro atoms. The van der Waals surface area contributed by atoms with Crippen molar-refractivity contribution < 1.29 is 9.13 Å². The van der Waals surface area contributed by atoms with Crippen molar-refractivity contribution in [3.05, 3.63) is 41.7 Å². The molecular formula is C13H17FN4O. The predicted octanol–water partition coefficient (Wildman–Crippen LogP) is 2.04. The number of methoxy groups -OCH3 is 1. The fourth-order valence-electron chi connectivity index (χ4n) is 1.90. The maximum atomic E-state index is 14.3. The molecule has 0 aliphatic carbocycles. The Morgan fingerprint density at radius 3 is 2.95 bits per heavy atom. The molecule has 0 bridgehead atoms. The number of benzene rings is 1. The number of aromatic nitrogens is 3. The molecule has 6 heteroatoms. The summed E-state index contributed by atoms with van der Waals surface area (Å²) in [6, 6.07) is 4.70. The minimum atomic E-state index is -0.380. The van der Waals surface area contributed by atoms with Crippen molar-refractivity contribution in [1.82, 2.24) is 20.5 Å². The highest BCUT2D eigenvalue weighted by Gasteiger charge is 2.21. The molecule has 19 heavy (non-hydrogen) atoms. The number of ether oxygens (including phenoxy) is 1. The molecule has 5 nitrogen and oxygen atoms in total. The van der Waals surface area contributed by atoms with E-state index in [2.05, 4.69) is 20.5 Å². The van der Waals surface area contributed by atoms with Crippen LogP contribution in [0.15, 0.2) is 24.5 Å². The zero-order chi connectivity index (χ0) is 13.7. The van der Waals surface area contributed by atoms with E-state index in [9.17, 15) is 4.39 Å². The second-order valence-corrected chi connectivity index (χ2v) is 4.12. The molecule has 1 heterocycles. The van der Waals surface area contributed by atoms with Crippen molar-refractivity contribution in [2.75, 3.05) is 13.7 Å². The van der Waals surface area contributed by atoms with E-state index in [-0.39, 0.29) is 17.6 Å². The van der Waals surface area contributed by atoms with E-state index >= 15 is 0 Å². The van der Waals surface area contributed by atoms with E-state index < -0.39 is 0 Å². The molecule has 2 aromatic rings. The number of H-pyrrole nitrogens is 1. The standard InChI is InChI=1S/C13H17FN4O/c1-3-7-15-12(13-16-8-17-18-13)9-5-4-6-10(19-2)11(9)14/h4-6,8,12,15H,3,7H2,1-2H3,(H,16,17,18). The van der Waals surface area contributed by atoms with Gasteiger partial charge in [0.1, 0.15) is 12.2 Å². The largest absolute Gasteiger partial charge is 0.494 e. The Kier molecular flexibility index (Phi) is 4.46. The third-order valence-corrected chi connectivity index (χ3v) is 2.83. The molecule has 2 N–H and O–H groups in total. The summed E-state index contributed by atoms with van der Waals surface area (Å²) in [5.74, 6) is 0.427. The van der Waals surface area contributed by atoms with Gasteiger partial charge in [0.25, 0.3) is 0 Å². The third-order valence-electron chi connectivity index (χ3n) is 2.83. The van der Waals surface area contributed by atoms with Crippen LogP contribution in [0.25, 0.3) is 0 Å². The lowest BCUT2D eigenvalue weighted by Gasteiger charge is -2.18. The molecule has 0 radical (unpaired) electrons. The van der Waals surface area contributed by atoms with Crippen molar-refractivity contribution in [2.45, 2.75) is 19.4 Å². The van der Waals surface area contributed by atoms with Crippen LogP contribution in [-0.2, 0) is 0 Å². The van der Waals surface area contributed by atoms with Gasteiger partial charge in [-0.15, -0.1) is 0 Å². The summed E-state index contributed by atoms with van der Waals surface area (Å²) in [4.78, 5) is 4.11. The minimum absolute atomic E-state index is 0.223. The second kappa shape index (κ2) is 6.29. The van der Waals surface area contributed by atoms with Crippen molar-refractivity contribution in [3.8, 4) is 5.75 Å². The van der Waals surface area contributed by atoms with Gasteiger partial charge in [0.2, 0.25) is 0 Å². The lowest BCUT2D eigenvalue weighted by molar-refractivity contribution is 0.381. The zero-order valence-electron chi connectivity index (χ0n) is 11.0. The number of hydrogen-bond donors (Lipinski definition) is 2. The topological polar surface area (TPSA) is 62.8 Å². The molecule has 0 saturated carbocycles. The van der Waals surface area contributed by atoms with Crippen LogP contribution in [0.1, 0.15) is 30.8 Å². The summed E-state index contributed by atoms with van der Waals surface area (Å²) in [5, 5.41) is 9.85. The molecule has 0 fully saturated rings. The minimum Gasteiger partial charge on any atom is -0.494 e. The molecule has 0 aliphatic heterocycles. The Morgan fingerprint density at radius 1 is 1.47 bits per heavy atom. The quantitative estimate of drug-likeness (QED) is 0.838. The van der Waals surface area contributed by atoms with Gasteiger partial charge >= 0.3 is 0 Å². The SMILES string of the molecule is CCCNC(c1ncn[nH]1)c1cccc(OC)c1F. The lowest BCUT2D eigenvalue weighted by Crippen LogP contribution is -2.25. The predicted molar refractivity (Wildman–Crippen MR) is 69.5 cm³/mol.